The van der Waals surface area contributed by atoms with Gasteiger partial charge < -0.3 is 19.7 Å². The fraction of sp³-hybridized carbons (Fsp3) is 0.391. The van der Waals surface area contributed by atoms with Gasteiger partial charge in [0.2, 0.25) is 11.8 Å². The van der Waals surface area contributed by atoms with Crippen molar-refractivity contribution < 1.29 is 19.1 Å². The lowest BCUT2D eigenvalue weighted by molar-refractivity contribution is -0.129. The molecule has 6 heteroatoms. The van der Waals surface area contributed by atoms with E-state index in [2.05, 4.69) is 5.32 Å². The zero-order valence-corrected chi connectivity index (χ0v) is 17.7. The Hall–Kier alpha value is -3.02. The van der Waals surface area contributed by atoms with Gasteiger partial charge in [-0.2, -0.15) is 0 Å². The van der Waals surface area contributed by atoms with E-state index in [4.69, 9.17) is 9.47 Å². The minimum absolute atomic E-state index is 0.0445. The Morgan fingerprint density at radius 2 is 1.72 bits per heavy atom. The van der Waals surface area contributed by atoms with E-state index >= 15 is 0 Å². The van der Waals surface area contributed by atoms with E-state index in [-0.39, 0.29) is 18.2 Å². The predicted octanol–water partition coefficient (Wildman–Crippen LogP) is 3.11. The van der Waals surface area contributed by atoms with Crippen LogP contribution >= 0.6 is 0 Å². The molecule has 0 atom stereocenters. The molecule has 0 aliphatic heterocycles. The molecule has 0 aliphatic rings. The molecule has 0 aliphatic carbocycles. The normalized spacial score (nSPS) is 10.3. The van der Waals surface area contributed by atoms with Crippen molar-refractivity contribution in [3.63, 3.8) is 0 Å². The molecule has 0 saturated carbocycles. The maximum Gasteiger partial charge on any atom is 0.222 e. The van der Waals surface area contributed by atoms with Crippen LogP contribution in [0, 0.1) is 6.92 Å². The van der Waals surface area contributed by atoms with E-state index in [1.54, 1.807) is 19.1 Å². The van der Waals surface area contributed by atoms with Crippen molar-refractivity contribution in [2.45, 2.75) is 33.2 Å². The summed E-state index contributed by atoms with van der Waals surface area (Å²) >= 11 is 0. The molecule has 2 aromatic carbocycles. The molecule has 0 saturated heterocycles. The van der Waals surface area contributed by atoms with Crippen molar-refractivity contribution in [3.05, 3.63) is 59.2 Å². The number of aryl methyl sites for hydroxylation is 1. The number of rotatable bonds is 10. The largest absolute Gasteiger partial charge is 0.493 e. The molecule has 0 bridgehead atoms. The molecular formula is C23H30N2O4. The highest BCUT2D eigenvalue weighted by Gasteiger charge is 2.12. The molecular weight excluding hydrogens is 368 g/mol. The molecule has 2 aromatic rings. The molecule has 156 valence electrons. The van der Waals surface area contributed by atoms with Crippen LogP contribution in [0.2, 0.25) is 0 Å². The van der Waals surface area contributed by atoms with Gasteiger partial charge >= 0.3 is 0 Å². The summed E-state index contributed by atoms with van der Waals surface area (Å²) in [4.78, 5) is 25.8. The third kappa shape index (κ3) is 7.14. The van der Waals surface area contributed by atoms with Crippen LogP contribution in [-0.4, -0.2) is 44.0 Å². The van der Waals surface area contributed by atoms with Crippen LogP contribution in [0.4, 0.5) is 0 Å². The summed E-state index contributed by atoms with van der Waals surface area (Å²) in [5.74, 6) is 1.22. The van der Waals surface area contributed by atoms with Gasteiger partial charge in [-0.1, -0.05) is 35.9 Å². The number of hydrogen-bond acceptors (Lipinski definition) is 4. The smallest absolute Gasteiger partial charge is 0.222 e. The third-order valence-corrected chi connectivity index (χ3v) is 4.74. The second-order valence-electron chi connectivity index (χ2n) is 6.96. The number of benzene rings is 2. The Morgan fingerprint density at radius 3 is 2.38 bits per heavy atom. The van der Waals surface area contributed by atoms with E-state index in [9.17, 15) is 9.59 Å². The van der Waals surface area contributed by atoms with Crippen LogP contribution in [0.1, 0.15) is 30.0 Å². The van der Waals surface area contributed by atoms with Gasteiger partial charge in [0, 0.05) is 33.0 Å². The molecule has 0 spiro atoms. The first-order valence-electron chi connectivity index (χ1n) is 9.71. The summed E-state index contributed by atoms with van der Waals surface area (Å²) in [5, 5.41) is 2.91. The lowest BCUT2D eigenvalue weighted by atomic mass is 10.1. The van der Waals surface area contributed by atoms with Crippen molar-refractivity contribution in [2.24, 2.45) is 0 Å². The Kier molecular flexibility index (Phi) is 8.52. The van der Waals surface area contributed by atoms with Gasteiger partial charge in [-0.15, -0.1) is 0 Å². The summed E-state index contributed by atoms with van der Waals surface area (Å²) in [6.45, 7) is 4.97. The standard InChI is InChI=1S/C23H30N2O4/c1-17-6-5-7-20(14-17)16-24-23(27)11-13-25(18(2)26)12-10-19-8-9-21(28-3)22(15-19)29-4/h5-9,14-15H,10-13,16H2,1-4H3,(H,24,27). The first-order valence-corrected chi connectivity index (χ1v) is 9.71. The Morgan fingerprint density at radius 1 is 0.966 bits per heavy atom. The van der Waals surface area contributed by atoms with Gasteiger partial charge in [-0.3, -0.25) is 9.59 Å². The highest BCUT2D eigenvalue weighted by Crippen LogP contribution is 2.27. The number of nitrogens with one attached hydrogen (secondary N) is 1. The number of methoxy groups -OCH3 is 2. The molecule has 2 rings (SSSR count). The fourth-order valence-corrected chi connectivity index (χ4v) is 3.07. The second-order valence-corrected chi connectivity index (χ2v) is 6.96. The minimum Gasteiger partial charge on any atom is -0.493 e. The Labute approximate surface area is 172 Å². The van der Waals surface area contributed by atoms with Gasteiger partial charge in [0.1, 0.15) is 0 Å². The van der Waals surface area contributed by atoms with E-state index in [0.717, 1.165) is 16.7 Å². The Balaban J connectivity index is 1.83. The van der Waals surface area contributed by atoms with E-state index < -0.39 is 0 Å². The van der Waals surface area contributed by atoms with E-state index in [1.165, 1.54) is 6.92 Å². The van der Waals surface area contributed by atoms with Crippen LogP contribution in [-0.2, 0) is 22.6 Å². The molecule has 1 N–H and O–H groups in total. The van der Waals surface area contributed by atoms with Crippen molar-refractivity contribution >= 4 is 11.8 Å². The fourth-order valence-electron chi connectivity index (χ4n) is 3.07. The SMILES string of the molecule is COc1ccc(CCN(CCC(=O)NCc2cccc(C)c2)C(C)=O)cc1OC. The van der Waals surface area contributed by atoms with Crippen LogP contribution in [0.3, 0.4) is 0 Å². The van der Waals surface area contributed by atoms with Gasteiger partial charge in [0.05, 0.1) is 14.2 Å². The predicted molar refractivity (Wildman–Crippen MR) is 113 cm³/mol. The second kappa shape index (κ2) is 11.1. The zero-order chi connectivity index (χ0) is 21.2. The highest BCUT2D eigenvalue weighted by molar-refractivity contribution is 5.78. The van der Waals surface area contributed by atoms with Crippen molar-refractivity contribution in [1.29, 1.82) is 0 Å². The molecule has 6 nitrogen and oxygen atoms in total. The molecule has 0 fully saturated rings. The summed E-state index contributed by atoms with van der Waals surface area (Å²) in [6, 6.07) is 13.7. The molecule has 0 heterocycles. The number of carbonyl (C=O) groups is 2. The molecule has 0 radical (unpaired) electrons. The zero-order valence-electron chi connectivity index (χ0n) is 17.7. The van der Waals surface area contributed by atoms with E-state index in [0.29, 0.717) is 37.6 Å². The number of carbonyl (C=O) groups excluding carboxylic acids is 2. The maximum atomic E-state index is 12.2. The lowest BCUT2D eigenvalue weighted by Gasteiger charge is -2.21. The number of ether oxygens (including phenoxy) is 2. The molecule has 0 unspecified atom stereocenters. The van der Waals surface area contributed by atoms with Crippen LogP contribution in [0.5, 0.6) is 11.5 Å². The summed E-state index contributed by atoms with van der Waals surface area (Å²) in [6.07, 6.45) is 0.947. The van der Waals surface area contributed by atoms with Crippen molar-refractivity contribution in [2.75, 3.05) is 27.3 Å². The number of nitrogens with zero attached hydrogens (tertiary/aromatic N) is 1. The monoisotopic (exact) mass is 398 g/mol. The first-order chi connectivity index (χ1) is 13.9. The Bertz CT molecular complexity index is 835. The van der Waals surface area contributed by atoms with Gasteiger partial charge in [0.15, 0.2) is 11.5 Å². The topological polar surface area (TPSA) is 67.9 Å². The van der Waals surface area contributed by atoms with Crippen LogP contribution in [0.15, 0.2) is 42.5 Å². The molecule has 2 amide bonds. The minimum atomic E-state index is -0.0659. The van der Waals surface area contributed by atoms with E-state index in [1.807, 2.05) is 49.4 Å². The maximum absolute atomic E-state index is 12.2. The average Bonchev–Trinajstić information content (AvgIpc) is 2.71. The van der Waals surface area contributed by atoms with Gasteiger partial charge in [-0.05, 0) is 36.6 Å². The van der Waals surface area contributed by atoms with Crippen LogP contribution < -0.4 is 14.8 Å². The number of amides is 2. The summed E-state index contributed by atoms with van der Waals surface area (Å²) < 4.78 is 10.6. The van der Waals surface area contributed by atoms with Crippen LogP contribution in [0.25, 0.3) is 0 Å². The van der Waals surface area contributed by atoms with Crippen molar-refractivity contribution in [1.82, 2.24) is 10.2 Å². The quantitative estimate of drug-likeness (QED) is 0.668. The van der Waals surface area contributed by atoms with Gasteiger partial charge in [0.25, 0.3) is 0 Å². The summed E-state index contributed by atoms with van der Waals surface area (Å²) in [7, 11) is 3.19. The molecule has 29 heavy (non-hydrogen) atoms. The third-order valence-electron chi connectivity index (χ3n) is 4.74. The van der Waals surface area contributed by atoms with Gasteiger partial charge in [-0.25, -0.2) is 0 Å². The lowest BCUT2D eigenvalue weighted by Crippen LogP contribution is -2.35. The summed E-state index contributed by atoms with van der Waals surface area (Å²) in [5.41, 5.74) is 3.27. The number of hydrogen-bond donors (Lipinski definition) is 1. The highest BCUT2D eigenvalue weighted by atomic mass is 16.5. The molecule has 0 aromatic heterocycles. The first kappa shape index (κ1) is 22.3. The average molecular weight is 399 g/mol. The van der Waals surface area contributed by atoms with Crippen molar-refractivity contribution in [3.8, 4) is 11.5 Å².